The number of ketones is 1. The van der Waals surface area contributed by atoms with Gasteiger partial charge in [0.25, 0.3) is 0 Å². The second-order valence-electron chi connectivity index (χ2n) is 13.7. The first kappa shape index (κ1) is 22.0. The second kappa shape index (κ2) is 6.19. The highest BCUT2D eigenvalue weighted by Gasteiger charge is 3.05. The predicted octanol–water partition coefficient (Wildman–Crippen LogP) is 3.73. The van der Waals surface area contributed by atoms with E-state index >= 15 is 0 Å². The van der Waals surface area contributed by atoms with E-state index in [2.05, 4.69) is 18.9 Å². The standard InChI is InChI=1S/C27H38N2O4S/c1-24(31)9-7-17-15(11-24)5-6-19-18(17)8-10-25(2)21(19)22-23-26(22,3)27(23,25)20(30)14-29-13-16(12-28-29)34(4,32)33/h12-13,15,17-19,21-23,31H,5-11,14H2,1-4H3. The van der Waals surface area contributed by atoms with Gasteiger partial charge in [0.15, 0.2) is 15.6 Å². The van der Waals surface area contributed by atoms with Crippen LogP contribution >= 0.6 is 0 Å². The highest BCUT2D eigenvalue weighted by molar-refractivity contribution is 7.90. The molecule has 1 aromatic heterocycles. The zero-order chi connectivity index (χ0) is 24.1. The van der Waals surface area contributed by atoms with Crippen LogP contribution < -0.4 is 0 Å². The predicted molar refractivity (Wildman–Crippen MR) is 126 cm³/mol. The molecular weight excluding hydrogens is 448 g/mol. The van der Waals surface area contributed by atoms with Crippen LogP contribution in [0.15, 0.2) is 17.3 Å². The highest BCUT2D eigenvalue weighted by atomic mass is 32.2. The molecule has 186 valence electrons. The van der Waals surface area contributed by atoms with Crippen LogP contribution in [0.5, 0.6) is 0 Å². The molecule has 7 aliphatic rings. The van der Waals surface area contributed by atoms with Crippen LogP contribution in [0.3, 0.4) is 0 Å². The maximum atomic E-state index is 13.9. The summed E-state index contributed by atoms with van der Waals surface area (Å²) in [6.45, 7) is 7.01. The van der Waals surface area contributed by atoms with E-state index in [9.17, 15) is 18.3 Å². The van der Waals surface area contributed by atoms with E-state index in [1.54, 1.807) is 4.68 Å². The van der Waals surface area contributed by atoms with E-state index < -0.39 is 15.4 Å². The summed E-state index contributed by atoms with van der Waals surface area (Å²) in [5.74, 6) is 5.09. The monoisotopic (exact) mass is 486 g/mol. The minimum absolute atomic E-state index is 0.0646. The van der Waals surface area contributed by atoms with Crippen LogP contribution in [0, 0.1) is 57.7 Å². The molecule has 0 spiro atoms. The van der Waals surface area contributed by atoms with Crippen molar-refractivity contribution in [1.29, 1.82) is 0 Å². The quantitative estimate of drug-likeness (QED) is 0.700. The third-order valence-corrected chi connectivity index (χ3v) is 13.4. The van der Waals surface area contributed by atoms with Gasteiger partial charge in [-0.1, -0.05) is 13.8 Å². The fourth-order valence-corrected chi connectivity index (χ4v) is 11.9. The highest BCUT2D eigenvalue weighted by Crippen LogP contribution is 3.06. The molecule has 0 saturated heterocycles. The summed E-state index contributed by atoms with van der Waals surface area (Å²) in [5, 5.41) is 14.9. The number of fused-ring (bicyclic) bond motifs is 3. The molecule has 0 aromatic carbocycles. The second-order valence-corrected chi connectivity index (χ2v) is 15.7. The Labute approximate surface area is 202 Å². The van der Waals surface area contributed by atoms with Crippen LogP contribution in [0.1, 0.15) is 65.7 Å². The number of sulfone groups is 1. The molecule has 0 amide bonds. The average molecular weight is 487 g/mol. The lowest BCUT2D eigenvalue weighted by Gasteiger charge is -2.56. The zero-order valence-electron chi connectivity index (χ0n) is 20.8. The Hall–Kier alpha value is -1.21. The van der Waals surface area contributed by atoms with Crippen molar-refractivity contribution in [2.45, 2.75) is 82.8 Å². The fraction of sp³-hybridized carbons (Fsp3) is 0.852. The van der Waals surface area contributed by atoms with Gasteiger partial charge in [0.05, 0.1) is 11.8 Å². The van der Waals surface area contributed by atoms with Crippen LogP contribution in [0.4, 0.5) is 0 Å². The number of hydrogen-bond acceptors (Lipinski definition) is 5. The Morgan fingerprint density at radius 1 is 1.09 bits per heavy atom. The summed E-state index contributed by atoms with van der Waals surface area (Å²) < 4.78 is 25.3. The number of aromatic nitrogens is 2. The summed E-state index contributed by atoms with van der Waals surface area (Å²) in [5.41, 5.74) is -0.498. The maximum Gasteiger partial charge on any atom is 0.178 e. The van der Waals surface area contributed by atoms with Gasteiger partial charge in [0.1, 0.15) is 11.4 Å². The lowest BCUT2D eigenvalue weighted by molar-refractivity contribution is -0.137. The molecule has 6 nitrogen and oxygen atoms in total. The molecule has 1 aromatic rings. The first-order chi connectivity index (χ1) is 15.9. The largest absolute Gasteiger partial charge is 0.390 e. The van der Waals surface area contributed by atoms with Gasteiger partial charge in [-0.25, -0.2) is 8.42 Å². The van der Waals surface area contributed by atoms with Crippen molar-refractivity contribution in [2.24, 2.45) is 57.7 Å². The molecular formula is C27H38N2O4S. The van der Waals surface area contributed by atoms with Gasteiger partial charge >= 0.3 is 0 Å². The minimum Gasteiger partial charge on any atom is -0.390 e. The number of Topliss-reactive ketones (excluding diaryl/α,β-unsaturated/α-hetero) is 1. The molecule has 1 N–H and O–H groups in total. The van der Waals surface area contributed by atoms with E-state index in [1.165, 1.54) is 44.3 Å². The van der Waals surface area contributed by atoms with Crippen LogP contribution in [-0.4, -0.2) is 40.9 Å². The lowest BCUT2D eigenvalue weighted by Crippen LogP contribution is -2.51. The minimum atomic E-state index is -3.32. The Balaban J connectivity index is 1.16. The van der Waals surface area contributed by atoms with E-state index in [4.69, 9.17) is 0 Å². The van der Waals surface area contributed by atoms with Gasteiger partial charge in [-0.05, 0) is 104 Å². The molecule has 11 atom stereocenters. The van der Waals surface area contributed by atoms with Crippen molar-refractivity contribution in [2.75, 3.05) is 6.26 Å². The summed E-state index contributed by atoms with van der Waals surface area (Å²) in [7, 11) is -3.32. The van der Waals surface area contributed by atoms with Crippen molar-refractivity contribution in [1.82, 2.24) is 9.78 Å². The van der Waals surface area contributed by atoms with Gasteiger partial charge in [-0.2, -0.15) is 5.10 Å². The van der Waals surface area contributed by atoms with Gasteiger partial charge in [-0.3, -0.25) is 9.48 Å². The zero-order valence-corrected chi connectivity index (χ0v) is 21.6. The molecule has 11 unspecified atom stereocenters. The summed E-state index contributed by atoms with van der Waals surface area (Å²) in [6.07, 6.45) is 12.0. The summed E-state index contributed by atoms with van der Waals surface area (Å²) in [6, 6.07) is 0. The number of carbonyl (C=O) groups is 1. The summed E-state index contributed by atoms with van der Waals surface area (Å²) >= 11 is 0. The van der Waals surface area contributed by atoms with Crippen LogP contribution in [0.25, 0.3) is 0 Å². The average Bonchev–Trinajstić information content (AvgIpc) is 3.26. The van der Waals surface area contributed by atoms with Gasteiger partial charge in [-0.15, -0.1) is 0 Å². The smallest absolute Gasteiger partial charge is 0.178 e. The molecule has 1 heterocycles. The Morgan fingerprint density at radius 2 is 1.79 bits per heavy atom. The molecule has 0 aliphatic heterocycles. The van der Waals surface area contributed by atoms with Gasteiger partial charge in [0, 0.05) is 17.9 Å². The molecule has 2 bridgehead atoms. The summed E-state index contributed by atoms with van der Waals surface area (Å²) in [4.78, 5) is 14.1. The lowest BCUT2D eigenvalue weighted by atomic mass is 9.48. The Bertz CT molecular complexity index is 1200. The molecule has 8 rings (SSSR count). The number of nitrogens with zero attached hydrogens (tertiary/aromatic N) is 2. The van der Waals surface area contributed by atoms with Gasteiger partial charge < -0.3 is 5.11 Å². The first-order valence-corrected chi connectivity index (χ1v) is 15.2. The SMILES string of the molecule is CC1(O)CCC2C(CCC3C2CCC2(C)C3C3C4C3(C)C42C(=O)Cn2cc(S(C)(=O)=O)cn2)C1. The molecule has 7 heteroatoms. The van der Waals surface area contributed by atoms with Crippen LogP contribution in [0.2, 0.25) is 0 Å². The van der Waals surface area contributed by atoms with Crippen molar-refractivity contribution >= 4 is 15.6 Å². The Kier molecular flexibility index (Phi) is 4.01. The molecule has 0 radical (unpaired) electrons. The van der Waals surface area contributed by atoms with Crippen molar-refractivity contribution in [3.8, 4) is 0 Å². The number of aliphatic hydroxyl groups is 1. The van der Waals surface area contributed by atoms with E-state index in [0.29, 0.717) is 23.7 Å². The van der Waals surface area contributed by atoms with E-state index in [1.807, 2.05) is 6.92 Å². The maximum absolute atomic E-state index is 13.9. The third kappa shape index (κ3) is 2.35. The topological polar surface area (TPSA) is 89.3 Å². The first-order valence-electron chi connectivity index (χ1n) is 13.3. The fourth-order valence-electron chi connectivity index (χ4n) is 11.3. The molecule has 7 saturated carbocycles. The molecule has 7 aliphatic carbocycles. The molecule has 7 fully saturated rings. The van der Waals surface area contributed by atoms with Crippen LogP contribution in [-0.2, 0) is 21.2 Å². The number of carbonyl (C=O) groups excluding carboxylic acids is 1. The number of rotatable bonds is 4. The van der Waals surface area contributed by atoms with Gasteiger partial charge in [0.2, 0.25) is 0 Å². The van der Waals surface area contributed by atoms with E-state index in [-0.39, 0.29) is 33.5 Å². The van der Waals surface area contributed by atoms with Crippen molar-refractivity contribution in [3.63, 3.8) is 0 Å². The van der Waals surface area contributed by atoms with Crippen molar-refractivity contribution < 1.29 is 18.3 Å². The van der Waals surface area contributed by atoms with E-state index in [0.717, 1.165) is 37.0 Å². The number of hydrogen-bond donors (Lipinski definition) is 1. The third-order valence-electron chi connectivity index (χ3n) is 12.4. The molecule has 34 heavy (non-hydrogen) atoms. The van der Waals surface area contributed by atoms with Crippen molar-refractivity contribution in [3.05, 3.63) is 12.4 Å². The Morgan fingerprint density at radius 3 is 2.47 bits per heavy atom. The normalized spacial score (nSPS) is 54.4.